The fourth-order valence-electron chi connectivity index (χ4n) is 3.37. The molecule has 0 bridgehead atoms. The van der Waals surface area contributed by atoms with Gasteiger partial charge in [0.2, 0.25) is 11.8 Å². The van der Waals surface area contributed by atoms with Crippen LogP contribution in [0.1, 0.15) is 40.0 Å². The number of likely N-dealkylation sites (tertiary alicyclic amines) is 1. The van der Waals surface area contributed by atoms with Gasteiger partial charge in [0.25, 0.3) is 0 Å². The van der Waals surface area contributed by atoms with Crippen molar-refractivity contribution in [2.24, 2.45) is 11.8 Å². The van der Waals surface area contributed by atoms with Gasteiger partial charge < -0.3 is 15.7 Å². The highest BCUT2D eigenvalue weighted by Crippen LogP contribution is 2.26. The second-order valence-electron chi connectivity index (χ2n) is 6.39. The highest BCUT2D eigenvalue weighted by Gasteiger charge is 2.40. The molecule has 0 spiro atoms. The van der Waals surface area contributed by atoms with Crippen molar-refractivity contribution in [3.63, 3.8) is 0 Å². The van der Waals surface area contributed by atoms with Crippen molar-refractivity contribution in [2.75, 3.05) is 20.1 Å². The van der Waals surface area contributed by atoms with Gasteiger partial charge in [-0.3, -0.25) is 19.3 Å². The third-order valence-electron chi connectivity index (χ3n) is 4.57. The molecule has 2 amide bonds. The summed E-state index contributed by atoms with van der Waals surface area (Å²) in [5.74, 6) is -1.22. The summed E-state index contributed by atoms with van der Waals surface area (Å²) < 4.78 is 0. The van der Waals surface area contributed by atoms with Crippen LogP contribution in [0.25, 0.3) is 0 Å². The molecule has 1 rings (SSSR count). The van der Waals surface area contributed by atoms with Gasteiger partial charge in [0, 0.05) is 33.1 Å². The van der Waals surface area contributed by atoms with Gasteiger partial charge in [-0.25, -0.2) is 0 Å². The van der Waals surface area contributed by atoms with Crippen LogP contribution in [0.4, 0.5) is 0 Å². The maximum atomic E-state index is 11.8. The van der Waals surface area contributed by atoms with Gasteiger partial charge in [-0.2, -0.15) is 0 Å². The zero-order valence-electron chi connectivity index (χ0n) is 14.5. The average Bonchev–Trinajstić information content (AvgIpc) is 2.89. The Hall–Kier alpha value is -1.63. The monoisotopic (exact) mass is 327 g/mol. The molecule has 4 atom stereocenters. The lowest BCUT2D eigenvalue weighted by Gasteiger charge is -2.30. The minimum Gasteiger partial charge on any atom is -0.480 e. The fourth-order valence-corrected chi connectivity index (χ4v) is 3.37. The Bertz CT molecular complexity index is 441. The molecule has 3 N–H and O–H groups in total. The van der Waals surface area contributed by atoms with Gasteiger partial charge in [-0.1, -0.05) is 13.3 Å². The SMILES string of the molecule is CCCC(CN1C[C@H](C(=O)NC)C[C@@H]1C(=O)O)C(C)NC(C)=O. The number of carboxylic acid groups (broad SMARTS) is 1. The molecule has 0 aliphatic carbocycles. The molecule has 0 radical (unpaired) electrons. The molecule has 0 aromatic rings. The van der Waals surface area contributed by atoms with Gasteiger partial charge in [-0.15, -0.1) is 0 Å². The lowest BCUT2D eigenvalue weighted by molar-refractivity contribution is -0.142. The molecule has 2 unspecified atom stereocenters. The minimum atomic E-state index is -0.890. The van der Waals surface area contributed by atoms with E-state index >= 15 is 0 Å². The zero-order chi connectivity index (χ0) is 17.6. The van der Waals surface area contributed by atoms with E-state index in [4.69, 9.17) is 0 Å². The van der Waals surface area contributed by atoms with E-state index in [0.29, 0.717) is 19.5 Å². The number of hydrogen-bond acceptors (Lipinski definition) is 4. The summed E-state index contributed by atoms with van der Waals surface area (Å²) in [6, 6.07) is -0.665. The van der Waals surface area contributed by atoms with Crippen LogP contribution >= 0.6 is 0 Å². The molecule has 0 aromatic heterocycles. The molecule has 0 aromatic carbocycles. The number of carbonyl (C=O) groups excluding carboxylic acids is 2. The van der Waals surface area contributed by atoms with Crippen LogP contribution in [0.2, 0.25) is 0 Å². The molecule has 7 nitrogen and oxygen atoms in total. The maximum absolute atomic E-state index is 11.8. The molecule has 1 heterocycles. The summed E-state index contributed by atoms with van der Waals surface area (Å²) in [5, 5.41) is 14.9. The number of nitrogens with one attached hydrogen (secondary N) is 2. The largest absolute Gasteiger partial charge is 0.480 e. The van der Waals surface area contributed by atoms with Crippen LogP contribution in [0.15, 0.2) is 0 Å². The molecule has 132 valence electrons. The second-order valence-corrected chi connectivity index (χ2v) is 6.39. The zero-order valence-corrected chi connectivity index (χ0v) is 14.5. The van der Waals surface area contributed by atoms with Gasteiger partial charge >= 0.3 is 5.97 Å². The number of rotatable bonds is 8. The van der Waals surface area contributed by atoms with Crippen molar-refractivity contribution < 1.29 is 19.5 Å². The number of carbonyl (C=O) groups is 3. The first-order valence-corrected chi connectivity index (χ1v) is 8.25. The standard InChI is InChI=1S/C16H29N3O4/c1-5-6-12(10(2)18-11(3)20)8-19-9-13(15(21)17-4)7-14(19)16(22)23/h10,12-14H,5-9H2,1-4H3,(H,17,21)(H,18,20)(H,22,23)/t10?,12?,13-,14-/m1/s1. The quantitative estimate of drug-likeness (QED) is 0.601. The van der Waals surface area contributed by atoms with E-state index in [2.05, 4.69) is 17.6 Å². The third kappa shape index (κ3) is 5.49. The van der Waals surface area contributed by atoms with Crippen LogP contribution in [0, 0.1) is 11.8 Å². The molecule has 1 aliphatic heterocycles. The molecule has 1 fully saturated rings. The van der Waals surface area contributed by atoms with E-state index in [-0.39, 0.29) is 29.7 Å². The summed E-state index contributed by atoms with van der Waals surface area (Å²) in [6.45, 7) is 6.52. The first kappa shape index (κ1) is 19.4. The number of hydrogen-bond donors (Lipinski definition) is 3. The molecular weight excluding hydrogens is 298 g/mol. The smallest absolute Gasteiger partial charge is 0.320 e. The van der Waals surface area contributed by atoms with Gasteiger partial charge in [0.1, 0.15) is 6.04 Å². The van der Waals surface area contributed by atoms with E-state index in [1.165, 1.54) is 6.92 Å². The predicted octanol–water partition coefficient (Wildman–Crippen LogP) is 0.448. The van der Waals surface area contributed by atoms with Crippen LogP contribution in [-0.2, 0) is 14.4 Å². The molecule has 23 heavy (non-hydrogen) atoms. The van der Waals surface area contributed by atoms with E-state index < -0.39 is 12.0 Å². The van der Waals surface area contributed by atoms with Crippen molar-refractivity contribution in [1.29, 1.82) is 0 Å². The summed E-state index contributed by atoms with van der Waals surface area (Å²) in [7, 11) is 1.57. The van der Waals surface area contributed by atoms with E-state index in [1.807, 2.05) is 11.8 Å². The molecule has 0 saturated carbocycles. The number of amides is 2. The Kier molecular flexibility index (Phi) is 7.48. The Morgan fingerprint density at radius 3 is 2.48 bits per heavy atom. The Morgan fingerprint density at radius 2 is 2.00 bits per heavy atom. The van der Waals surface area contributed by atoms with Gasteiger partial charge in [0.05, 0.1) is 5.92 Å². The second kappa shape index (κ2) is 8.86. The molecule has 7 heteroatoms. The first-order chi connectivity index (χ1) is 10.8. The highest BCUT2D eigenvalue weighted by molar-refractivity contribution is 5.82. The van der Waals surface area contributed by atoms with Crippen molar-refractivity contribution in [2.45, 2.75) is 52.1 Å². The minimum absolute atomic E-state index is 0.0269. The highest BCUT2D eigenvalue weighted by atomic mass is 16.4. The average molecular weight is 327 g/mol. The van der Waals surface area contributed by atoms with Crippen molar-refractivity contribution in [3.8, 4) is 0 Å². The maximum Gasteiger partial charge on any atom is 0.320 e. The normalized spacial score (nSPS) is 24.0. The number of aliphatic carboxylic acids is 1. The van der Waals surface area contributed by atoms with Crippen LogP contribution < -0.4 is 10.6 Å². The third-order valence-corrected chi connectivity index (χ3v) is 4.57. The van der Waals surface area contributed by atoms with Crippen molar-refractivity contribution in [1.82, 2.24) is 15.5 Å². The fraction of sp³-hybridized carbons (Fsp3) is 0.812. The Labute approximate surface area is 137 Å². The lowest BCUT2D eigenvalue weighted by Crippen LogP contribution is -2.45. The molecule has 1 aliphatic rings. The topological polar surface area (TPSA) is 98.7 Å². The number of nitrogens with zero attached hydrogens (tertiary/aromatic N) is 1. The van der Waals surface area contributed by atoms with Gasteiger partial charge in [-0.05, 0) is 25.7 Å². The van der Waals surface area contributed by atoms with Crippen LogP contribution in [0.5, 0.6) is 0 Å². The Morgan fingerprint density at radius 1 is 1.35 bits per heavy atom. The van der Waals surface area contributed by atoms with Gasteiger partial charge in [0.15, 0.2) is 0 Å². The van der Waals surface area contributed by atoms with E-state index in [1.54, 1.807) is 7.05 Å². The Balaban J connectivity index is 2.80. The van der Waals surface area contributed by atoms with E-state index in [9.17, 15) is 19.5 Å². The van der Waals surface area contributed by atoms with Crippen LogP contribution in [0.3, 0.4) is 0 Å². The van der Waals surface area contributed by atoms with E-state index in [0.717, 1.165) is 12.8 Å². The van der Waals surface area contributed by atoms with Crippen molar-refractivity contribution >= 4 is 17.8 Å². The number of carboxylic acids is 1. The van der Waals surface area contributed by atoms with Crippen LogP contribution in [-0.4, -0.2) is 60.0 Å². The molecule has 1 saturated heterocycles. The summed E-state index contributed by atoms with van der Waals surface area (Å²) in [4.78, 5) is 36.5. The predicted molar refractivity (Wildman–Crippen MR) is 86.8 cm³/mol. The lowest BCUT2D eigenvalue weighted by atomic mass is 9.95. The summed E-state index contributed by atoms with van der Waals surface area (Å²) >= 11 is 0. The first-order valence-electron chi connectivity index (χ1n) is 8.25. The van der Waals surface area contributed by atoms with Crippen molar-refractivity contribution in [3.05, 3.63) is 0 Å². The summed E-state index contributed by atoms with van der Waals surface area (Å²) in [5.41, 5.74) is 0. The summed E-state index contributed by atoms with van der Waals surface area (Å²) in [6.07, 6.45) is 2.19. The molecular formula is C16H29N3O4.